The third-order valence-electron chi connectivity index (χ3n) is 4.07. The molecule has 0 amide bonds. The Morgan fingerprint density at radius 3 is 2.17 bits per heavy atom. The van der Waals surface area contributed by atoms with E-state index in [-0.39, 0.29) is 0 Å². The van der Waals surface area contributed by atoms with Crippen LogP contribution in [0.15, 0.2) is 0 Å². The fourth-order valence-corrected chi connectivity index (χ4v) is 2.59. The quantitative estimate of drug-likeness (QED) is 0.243. The molecule has 0 aromatic rings. The molecule has 8 N–H and O–H groups in total. The Morgan fingerprint density at radius 1 is 0.957 bits per heavy atom. The van der Waals surface area contributed by atoms with E-state index in [2.05, 4.69) is 0 Å². The summed E-state index contributed by atoms with van der Waals surface area (Å²) in [5, 5.41) is 77.2. The zero-order valence-corrected chi connectivity index (χ0v) is 12.0. The maximum absolute atomic E-state index is 10.00. The van der Waals surface area contributed by atoms with E-state index in [1.54, 1.807) is 0 Å². The molecule has 11 heteroatoms. The molecular formula is C12H22O11. The van der Waals surface area contributed by atoms with Crippen LogP contribution in [0.1, 0.15) is 0 Å². The molecule has 2 aliphatic rings. The first-order chi connectivity index (χ1) is 10.8. The van der Waals surface area contributed by atoms with Crippen molar-refractivity contribution in [2.75, 3.05) is 19.8 Å². The minimum absolute atomic E-state index is 0.486. The average molecular weight is 342 g/mol. The van der Waals surface area contributed by atoms with Crippen molar-refractivity contribution in [1.29, 1.82) is 0 Å². The summed E-state index contributed by atoms with van der Waals surface area (Å²) in [6.07, 6.45) is -13.1. The Balaban J connectivity index is 2.18. The molecular weight excluding hydrogens is 320 g/mol. The van der Waals surface area contributed by atoms with Gasteiger partial charge in [-0.25, -0.2) is 0 Å². The number of hydrogen-bond donors (Lipinski definition) is 8. The molecule has 0 aromatic carbocycles. The van der Waals surface area contributed by atoms with Crippen LogP contribution in [0.3, 0.4) is 0 Å². The number of aliphatic hydroxyl groups excluding tert-OH is 8. The Kier molecular flexibility index (Phi) is 5.92. The van der Waals surface area contributed by atoms with Crippen LogP contribution in [0.2, 0.25) is 0 Å². The highest BCUT2D eigenvalue weighted by molar-refractivity contribution is 4.96. The molecule has 9 atom stereocenters. The molecule has 23 heavy (non-hydrogen) atoms. The number of aliphatic hydroxyl groups is 8. The summed E-state index contributed by atoms with van der Waals surface area (Å²) in [6.45, 7) is -2.13. The summed E-state index contributed by atoms with van der Waals surface area (Å²) >= 11 is 0. The second-order valence-electron chi connectivity index (χ2n) is 5.60. The first kappa shape index (κ1) is 18.9. The standard InChI is InChI=1S/C12H22O11/c13-1-5-7(17)8(18)9(11(20)22-5)23-12(3-14)10(19)6(16)4(15)2-21-12/h4-11,13-20H,1-3H2/t4-,5-,6-,7-,8+,9-,10+,11?,12?/m1/s1. The van der Waals surface area contributed by atoms with Crippen molar-refractivity contribution >= 4 is 0 Å². The van der Waals surface area contributed by atoms with Crippen molar-refractivity contribution in [1.82, 2.24) is 0 Å². The Labute approximate surface area is 130 Å². The predicted molar refractivity (Wildman–Crippen MR) is 68.6 cm³/mol. The smallest absolute Gasteiger partial charge is 0.221 e. The Bertz CT molecular complexity index is 395. The molecule has 136 valence electrons. The first-order valence-electron chi connectivity index (χ1n) is 7.04. The molecule has 2 fully saturated rings. The summed E-state index contributed by atoms with van der Waals surface area (Å²) in [6, 6.07) is 0. The summed E-state index contributed by atoms with van der Waals surface area (Å²) in [4.78, 5) is 0. The molecule has 0 aromatic heterocycles. The lowest BCUT2D eigenvalue weighted by Gasteiger charge is -2.48. The fraction of sp³-hybridized carbons (Fsp3) is 1.00. The molecule has 2 unspecified atom stereocenters. The van der Waals surface area contributed by atoms with E-state index < -0.39 is 74.6 Å². The molecule has 0 saturated carbocycles. The number of rotatable bonds is 4. The highest BCUT2D eigenvalue weighted by Gasteiger charge is 2.55. The Hall–Kier alpha value is -0.440. The van der Waals surface area contributed by atoms with Crippen LogP contribution in [-0.4, -0.2) is 115 Å². The number of hydrogen-bond acceptors (Lipinski definition) is 11. The van der Waals surface area contributed by atoms with E-state index in [9.17, 15) is 35.7 Å². The van der Waals surface area contributed by atoms with Crippen LogP contribution in [0.4, 0.5) is 0 Å². The molecule has 0 spiro atoms. The predicted octanol–water partition coefficient (Wildman–Crippen LogP) is -5.40. The van der Waals surface area contributed by atoms with Gasteiger partial charge < -0.3 is 55.1 Å². The van der Waals surface area contributed by atoms with Gasteiger partial charge >= 0.3 is 0 Å². The molecule has 0 radical (unpaired) electrons. The van der Waals surface area contributed by atoms with Gasteiger partial charge in [0.1, 0.15) is 49.3 Å². The van der Waals surface area contributed by atoms with Crippen molar-refractivity contribution in [3.05, 3.63) is 0 Å². The van der Waals surface area contributed by atoms with Crippen molar-refractivity contribution in [2.24, 2.45) is 0 Å². The minimum atomic E-state index is -2.25. The average Bonchev–Trinajstić information content (AvgIpc) is 2.55. The lowest BCUT2D eigenvalue weighted by atomic mass is 9.95. The van der Waals surface area contributed by atoms with Gasteiger partial charge in [0.2, 0.25) is 5.79 Å². The highest BCUT2D eigenvalue weighted by atomic mass is 16.8. The van der Waals surface area contributed by atoms with Gasteiger partial charge in [0.15, 0.2) is 6.29 Å². The third kappa shape index (κ3) is 3.36. The van der Waals surface area contributed by atoms with Gasteiger partial charge in [-0.05, 0) is 0 Å². The third-order valence-corrected chi connectivity index (χ3v) is 4.07. The van der Waals surface area contributed by atoms with E-state index in [1.807, 2.05) is 0 Å². The van der Waals surface area contributed by atoms with Gasteiger partial charge in [0, 0.05) is 0 Å². The van der Waals surface area contributed by atoms with Crippen LogP contribution < -0.4 is 0 Å². The van der Waals surface area contributed by atoms with E-state index in [0.717, 1.165) is 0 Å². The maximum atomic E-state index is 10.00. The lowest BCUT2D eigenvalue weighted by Crippen LogP contribution is -2.68. The summed E-state index contributed by atoms with van der Waals surface area (Å²) in [7, 11) is 0. The van der Waals surface area contributed by atoms with Gasteiger partial charge in [-0.3, -0.25) is 0 Å². The van der Waals surface area contributed by atoms with Crippen molar-refractivity contribution in [3.63, 3.8) is 0 Å². The zero-order valence-electron chi connectivity index (χ0n) is 12.0. The fourth-order valence-electron chi connectivity index (χ4n) is 2.59. The van der Waals surface area contributed by atoms with Gasteiger partial charge in [0.05, 0.1) is 13.2 Å². The van der Waals surface area contributed by atoms with Crippen LogP contribution >= 0.6 is 0 Å². The van der Waals surface area contributed by atoms with Gasteiger partial charge in [-0.1, -0.05) is 0 Å². The second kappa shape index (κ2) is 7.21. The van der Waals surface area contributed by atoms with Crippen LogP contribution in [-0.2, 0) is 14.2 Å². The minimum Gasteiger partial charge on any atom is -0.394 e. The molecule has 11 nitrogen and oxygen atoms in total. The normalized spacial score (nSPS) is 51.7. The maximum Gasteiger partial charge on any atom is 0.221 e. The van der Waals surface area contributed by atoms with Crippen molar-refractivity contribution in [3.8, 4) is 0 Å². The molecule has 2 heterocycles. The molecule has 2 saturated heterocycles. The van der Waals surface area contributed by atoms with Gasteiger partial charge in [-0.15, -0.1) is 0 Å². The van der Waals surface area contributed by atoms with Crippen molar-refractivity contribution < 1.29 is 55.1 Å². The van der Waals surface area contributed by atoms with Gasteiger partial charge in [-0.2, -0.15) is 0 Å². The molecule has 2 aliphatic heterocycles. The van der Waals surface area contributed by atoms with Gasteiger partial charge in [0.25, 0.3) is 0 Å². The summed E-state index contributed by atoms with van der Waals surface area (Å²) in [5.74, 6) is -2.25. The highest BCUT2D eigenvalue weighted by Crippen LogP contribution is 2.32. The molecule has 0 aliphatic carbocycles. The number of ether oxygens (including phenoxy) is 3. The van der Waals surface area contributed by atoms with Crippen molar-refractivity contribution in [2.45, 2.75) is 54.8 Å². The van der Waals surface area contributed by atoms with E-state index >= 15 is 0 Å². The zero-order chi connectivity index (χ0) is 17.4. The molecule has 0 bridgehead atoms. The Morgan fingerprint density at radius 2 is 1.61 bits per heavy atom. The van der Waals surface area contributed by atoms with Crippen LogP contribution in [0.25, 0.3) is 0 Å². The summed E-state index contributed by atoms with van der Waals surface area (Å²) in [5.41, 5.74) is 0. The topological polar surface area (TPSA) is 190 Å². The van der Waals surface area contributed by atoms with Crippen LogP contribution in [0.5, 0.6) is 0 Å². The van der Waals surface area contributed by atoms with E-state index in [4.69, 9.17) is 19.3 Å². The lowest BCUT2D eigenvalue weighted by molar-refractivity contribution is -0.399. The van der Waals surface area contributed by atoms with E-state index in [1.165, 1.54) is 0 Å². The SMILES string of the molecule is OC[C@H]1OC(O)[C@H](OC2(CO)OC[C@@H](O)[C@@H](O)[C@@H]2O)[C@@H](O)[C@@H]1O. The largest absolute Gasteiger partial charge is 0.394 e. The summed E-state index contributed by atoms with van der Waals surface area (Å²) < 4.78 is 15.2. The first-order valence-corrected chi connectivity index (χ1v) is 7.04. The van der Waals surface area contributed by atoms with Crippen LogP contribution in [0, 0.1) is 0 Å². The molecule has 2 rings (SSSR count). The van der Waals surface area contributed by atoms with E-state index in [0.29, 0.717) is 0 Å². The monoisotopic (exact) mass is 342 g/mol. The second-order valence-corrected chi connectivity index (χ2v) is 5.60.